The van der Waals surface area contributed by atoms with E-state index in [1.165, 1.54) is 6.42 Å². The van der Waals surface area contributed by atoms with Crippen LogP contribution in [-0.4, -0.2) is 24.4 Å². The minimum Gasteiger partial charge on any atom is -0.377 e. The molecule has 1 aliphatic rings. The Kier molecular flexibility index (Phi) is 3.73. The lowest BCUT2D eigenvalue weighted by atomic mass is 10.2. The molecule has 0 spiro atoms. The van der Waals surface area contributed by atoms with Gasteiger partial charge in [-0.3, -0.25) is 0 Å². The highest BCUT2D eigenvalue weighted by atomic mass is 32.1. The zero-order valence-corrected chi connectivity index (χ0v) is 10.9. The zero-order valence-electron chi connectivity index (χ0n) is 10.1. The summed E-state index contributed by atoms with van der Waals surface area (Å²) in [5.41, 5.74) is 0.941. The molecular weight excluding hydrogens is 248 g/mol. The summed E-state index contributed by atoms with van der Waals surface area (Å²) in [6.45, 7) is 2.52. The van der Waals surface area contributed by atoms with Crippen molar-refractivity contribution in [3.63, 3.8) is 0 Å². The summed E-state index contributed by atoms with van der Waals surface area (Å²) < 4.78 is 10.9. The van der Waals surface area contributed by atoms with Crippen LogP contribution < -0.4 is 5.32 Å². The molecule has 0 saturated carbocycles. The van der Waals surface area contributed by atoms with Crippen molar-refractivity contribution in [2.24, 2.45) is 0 Å². The van der Waals surface area contributed by atoms with E-state index in [1.807, 2.05) is 23.6 Å². The van der Waals surface area contributed by atoms with Gasteiger partial charge in [-0.05, 0) is 24.3 Å². The van der Waals surface area contributed by atoms with E-state index in [4.69, 9.17) is 9.26 Å². The van der Waals surface area contributed by atoms with E-state index in [-0.39, 0.29) is 0 Å². The van der Waals surface area contributed by atoms with Crippen LogP contribution in [-0.2, 0) is 11.3 Å². The first-order valence-corrected chi connectivity index (χ1v) is 7.11. The van der Waals surface area contributed by atoms with E-state index in [9.17, 15) is 0 Å². The molecule has 3 rings (SSSR count). The Morgan fingerprint density at radius 2 is 2.50 bits per heavy atom. The van der Waals surface area contributed by atoms with Crippen LogP contribution >= 0.6 is 11.3 Å². The summed E-state index contributed by atoms with van der Waals surface area (Å²) in [6.07, 6.45) is 2.71. The summed E-state index contributed by atoms with van der Waals surface area (Å²) in [6, 6.07) is 6.04. The monoisotopic (exact) mass is 264 g/mol. The predicted octanol–water partition coefficient (Wildman–Crippen LogP) is 2.67. The van der Waals surface area contributed by atoms with E-state index in [0.29, 0.717) is 6.10 Å². The summed E-state index contributed by atoms with van der Waals surface area (Å²) in [7, 11) is 0. The van der Waals surface area contributed by atoms with E-state index in [0.717, 1.165) is 42.4 Å². The second-order valence-electron chi connectivity index (χ2n) is 4.43. The Labute approximate surface area is 110 Å². The molecule has 3 heterocycles. The predicted molar refractivity (Wildman–Crippen MR) is 70.5 cm³/mol. The smallest absolute Gasteiger partial charge is 0.177 e. The van der Waals surface area contributed by atoms with Crippen LogP contribution in [0.15, 0.2) is 28.1 Å². The highest BCUT2D eigenvalue weighted by Crippen LogP contribution is 2.25. The minimum absolute atomic E-state index is 0.369. The molecule has 1 saturated heterocycles. The molecule has 4 nitrogen and oxygen atoms in total. The molecule has 1 aliphatic heterocycles. The van der Waals surface area contributed by atoms with Crippen LogP contribution in [0.4, 0.5) is 0 Å². The maximum atomic E-state index is 5.55. The van der Waals surface area contributed by atoms with Crippen molar-refractivity contribution in [1.29, 1.82) is 0 Å². The van der Waals surface area contributed by atoms with Crippen molar-refractivity contribution >= 4 is 11.3 Å². The topological polar surface area (TPSA) is 47.3 Å². The third-order valence-electron chi connectivity index (χ3n) is 3.03. The third kappa shape index (κ3) is 2.80. The number of aromatic nitrogens is 1. The highest BCUT2D eigenvalue weighted by molar-refractivity contribution is 7.13. The molecule has 96 valence electrons. The third-order valence-corrected chi connectivity index (χ3v) is 3.91. The van der Waals surface area contributed by atoms with Gasteiger partial charge in [0.25, 0.3) is 0 Å². The molecule has 0 bridgehead atoms. The van der Waals surface area contributed by atoms with Crippen molar-refractivity contribution in [3.05, 3.63) is 29.3 Å². The Morgan fingerprint density at radius 1 is 1.50 bits per heavy atom. The lowest BCUT2D eigenvalue weighted by molar-refractivity contribution is 0.110. The van der Waals surface area contributed by atoms with Gasteiger partial charge in [-0.1, -0.05) is 11.2 Å². The van der Waals surface area contributed by atoms with Crippen molar-refractivity contribution in [2.45, 2.75) is 25.5 Å². The second kappa shape index (κ2) is 5.65. The average Bonchev–Trinajstić information content (AvgIpc) is 3.12. The van der Waals surface area contributed by atoms with E-state index in [1.54, 1.807) is 11.3 Å². The van der Waals surface area contributed by atoms with Gasteiger partial charge in [0, 0.05) is 25.8 Å². The fourth-order valence-electron chi connectivity index (χ4n) is 2.10. The van der Waals surface area contributed by atoms with Crippen LogP contribution in [0.5, 0.6) is 0 Å². The Hall–Kier alpha value is -1.17. The van der Waals surface area contributed by atoms with Gasteiger partial charge in [0.1, 0.15) is 0 Å². The first-order chi connectivity index (χ1) is 8.92. The quantitative estimate of drug-likeness (QED) is 0.902. The summed E-state index contributed by atoms with van der Waals surface area (Å²) in [5.74, 6) is 0.846. The van der Waals surface area contributed by atoms with E-state index < -0.39 is 0 Å². The molecule has 5 heteroatoms. The van der Waals surface area contributed by atoms with Crippen molar-refractivity contribution < 1.29 is 9.26 Å². The van der Waals surface area contributed by atoms with Crippen LogP contribution in [0.25, 0.3) is 10.6 Å². The van der Waals surface area contributed by atoms with Gasteiger partial charge >= 0.3 is 0 Å². The molecule has 1 fully saturated rings. The number of nitrogens with zero attached hydrogens (tertiary/aromatic N) is 1. The fraction of sp³-hybridized carbons (Fsp3) is 0.462. The number of thiophene rings is 1. The average molecular weight is 264 g/mol. The van der Waals surface area contributed by atoms with Crippen LogP contribution in [0.3, 0.4) is 0 Å². The van der Waals surface area contributed by atoms with E-state index >= 15 is 0 Å². The SMILES string of the molecule is c1csc(-c2cc(CNCC3CCCO3)no2)c1. The zero-order chi connectivity index (χ0) is 12.2. The van der Waals surface area contributed by atoms with Gasteiger partial charge in [-0.2, -0.15) is 0 Å². The van der Waals surface area contributed by atoms with Crippen LogP contribution in [0, 0.1) is 0 Å². The maximum Gasteiger partial charge on any atom is 0.177 e. The number of nitrogens with one attached hydrogen (secondary N) is 1. The van der Waals surface area contributed by atoms with Crippen LogP contribution in [0.2, 0.25) is 0 Å². The lowest BCUT2D eigenvalue weighted by Crippen LogP contribution is -2.25. The van der Waals surface area contributed by atoms with Gasteiger partial charge in [0.05, 0.1) is 16.7 Å². The van der Waals surface area contributed by atoms with Gasteiger partial charge in [-0.25, -0.2) is 0 Å². The Bertz CT molecular complexity index is 475. The summed E-state index contributed by atoms with van der Waals surface area (Å²) >= 11 is 1.66. The molecule has 0 radical (unpaired) electrons. The summed E-state index contributed by atoms with van der Waals surface area (Å²) in [4.78, 5) is 1.12. The summed E-state index contributed by atoms with van der Waals surface area (Å²) in [5, 5.41) is 9.46. The molecule has 2 aromatic heterocycles. The second-order valence-corrected chi connectivity index (χ2v) is 5.37. The number of hydrogen-bond donors (Lipinski definition) is 1. The highest BCUT2D eigenvalue weighted by Gasteiger charge is 2.15. The molecule has 1 N–H and O–H groups in total. The first-order valence-electron chi connectivity index (χ1n) is 6.23. The van der Waals surface area contributed by atoms with Gasteiger partial charge in [0.15, 0.2) is 5.76 Å². The maximum absolute atomic E-state index is 5.55. The number of rotatable bonds is 5. The molecule has 0 amide bonds. The van der Waals surface area contributed by atoms with Gasteiger partial charge in [-0.15, -0.1) is 11.3 Å². The molecule has 0 aliphatic carbocycles. The molecular formula is C13H16N2O2S. The molecule has 0 aromatic carbocycles. The van der Waals surface area contributed by atoms with Gasteiger partial charge in [0.2, 0.25) is 0 Å². The molecule has 18 heavy (non-hydrogen) atoms. The molecule has 2 aromatic rings. The normalized spacial score (nSPS) is 19.4. The van der Waals surface area contributed by atoms with Crippen molar-refractivity contribution in [2.75, 3.05) is 13.2 Å². The minimum atomic E-state index is 0.369. The first kappa shape index (κ1) is 11.9. The fourth-order valence-corrected chi connectivity index (χ4v) is 2.77. The largest absolute Gasteiger partial charge is 0.377 e. The molecule has 1 unspecified atom stereocenters. The molecule has 1 atom stereocenters. The van der Waals surface area contributed by atoms with Crippen molar-refractivity contribution in [1.82, 2.24) is 10.5 Å². The standard InChI is InChI=1S/C13H16N2O2S/c1-3-11(16-5-1)9-14-8-10-7-12(17-15-10)13-4-2-6-18-13/h2,4,6-7,11,14H,1,3,5,8-9H2. The Balaban J connectivity index is 1.51. The Morgan fingerprint density at radius 3 is 3.28 bits per heavy atom. The van der Waals surface area contributed by atoms with E-state index in [2.05, 4.69) is 10.5 Å². The van der Waals surface area contributed by atoms with Crippen molar-refractivity contribution in [3.8, 4) is 10.6 Å². The number of ether oxygens (including phenoxy) is 1. The lowest BCUT2D eigenvalue weighted by Gasteiger charge is -2.08. The number of hydrogen-bond acceptors (Lipinski definition) is 5. The van der Waals surface area contributed by atoms with Crippen LogP contribution in [0.1, 0.15) is 18.5 Å². The van der Waals surface area contributed by atoms with Gasteiger partial charge < -0.3 is 14.6 Å².